The van der Waals surface area contributed by atoms with E-state index in [9.17, 15) is 9.59 Å². The van der Waals surface area contributed by atoms with Crippen LogP contribution in [0.2, 0.25) is 0 Å². The second kappa shape index (κ2) is 22.6. The van der Waals surface area contributed by atoms with E-state index in [0.29, 0.717) is 32.5 Å². The predicted octanol–water partition coefficient (Wildman–Crippen LogP) is 6.19. The number of nitrogens with one attached hydrogen (secondary N) is 1. The Hall–Kier alpha value is -1.62. The Kier molecular flexibility index (Phi) is 21.4. The molecule has 32 heavy (non-hydrogen) atoms. The van der Waals surface area contributed by atoms with Crippen molar-refractivity contribution < 1.29 is 14.3 Å². The summed E-state index contributed by atoms with van der Waals surface area (Å²) in [6.45, 7) is 7.82. The molecule has 1 N–H and O–H groups in total. The van der Waals surface area contributed by atoms with E-state index >= 15 is 0 Å². The van der Waals surface area contributed by atoms with Crippen LogP contribution < -0.4 is 5.32 Å². The highest BCUT2D eigenvalue weighted by Gasteiger charge is 2.17. The van der Waals surface area contributed by atoms with E-state index in [-0.39, 0.29) is 18.0 Å². The molecule has 0 radical (unpaired) electrons. The Morgan fingerprint density at radius 2 is 1.50 bits per heavy atom. The van der Waals surface area contributed by atoms with Crippen molar-refractivity contribution in [2.75, 3.05) is 26.7 Å². The lowest BCUT2D eigenvalue weighted by molar-refractivity contribution is -0.151. The number of hydrogen-bond acceptors (Lipinski definition) is 4. The van der Waals surface area contributed by atoms with Gasteiger partial charge in [0.15, 0.2) is 0 Å². The number of allylic oxidation sites excluding steroid dienone is 4. The summed E-state index contributed by atoms with van der Waals surface area (Å²) in [7, 11) is 1.83. The van der Waals surface area contributed by atoms with Crippen molar-refractivity contribution in [2.45, 2.75) is 110 Å². The van der Waals surface area contributed by atoms with Gasteiger partial charge in [0, 0.05) is 25.9 Å². The average molecular weight is 451 g/mol. The number of hydrogen-bond donors (Lipinski definition) is 1. The van der Waals surface area contributed by atoms with Gasteiger partial charge in [0.05, 0.1) is 6.54 Å². The molecule has 0 spiro atoms. The molecule has 0 aromatic rings. The molecular weight excluding hydrogens is 400 g/mol. The first kappa shape index (κ1) is 30.4. The fraction of sp³-hybridized carbons (Fsp3) is 0.778. The van der Waals surface area contributed by atoms with Crippen LogP contribution in [-0.4, -0.2) is 49.6 Å². The van der Waals surface area contributed by atoms with Crippen LogP contribution >= 0.6 is 0 Å². The zero-order valence-corrected chi connectivity index (χ0v) is 21.4. The summed E-state index contributed by atoms with van der Waals surface area (Å²) in [6, 6.07) is 0. The van der Waals surface area contributed by atoms with Gasteiger partial charge in [-0.15, -0.1) is 0 Å². The van der Waals surface area contributed by atoms with Gasteiger partial charge in [0.25, 0.3) is 0 Å². The van der Waals surface area contributed by atoms with Crippen LogP contribution in [-0.2, 0) is 14.3 Å². The topological polar surface area (TPSA) is 58.6 Å². The molecule has 186 valence electrons. The maximum absolute atomic E-state index is 12.1. The van der Waals surface area contributed by atoms with Gasteiger partial charge in [0.2, 0.25) is 5.91 Å². The molecule has 0 fully saturated rings. The Balaban J connectivity index is 3.68. The summed E-state index contributed by atoms with van der Waals surface area (Å²) in [4.78, 5) is 25.9. The highest BCUT2D eigenvalue weighted by molar-refractivity contribution is 5.76. The van der Waals surface area contributed by atoms with E-state index in [1.165, 1.54) is 38.5 Å². The number of nitrogens with zero attached hydrogens (tertiary/aromatic N) is 1. The molecule has 0 unspecified atom stereocenters. The molecule has 0 saturated carbocycles. The fourth-order valence-electron chi connectivity index (χ4n) is 3.51. The maximum atomic E-state index is 12.1. The van der Waals surface area contributed by atoms with Crippen molar-refractivity contribution in [3.63, 3.8) is 0 Å². The third-order valence-corrected chi connectivity index (χ3v) is 5.46. The van der Waals surface area contributed by atoms with E-state index in [1.807, 2.05) is 20.9 Å². The standard InChI is InChI=1S/C27H50N2O3/c1-5-7-8-9-10-11-12-13-14-15-16-17-18-19-20-21-27(31)32-25(3)24-29(6-2)26(30)22-23-28-4/h10-11,13-14,25,28H,5-9,12,15-24H2,1-4H3/b11-10-,14-13-/t25-/m0/s1. The third kappa shape index (κ3) is 19.1. The minimum Gasteiger partial charge on any atom is -0.461 e. The van der Waals surface area contributed by atoms with Crippen LogP contribution in [0, 0.1) is 0 Å². The van der Waals surface area contributed by atoms with Gasteiger partial charge in [0.1, 0.15) is 6.10 Å². The molecular formula is C27H50N2O3. The first-order valence-corrected chi connectivity index (χ1v) is 13.0. The summed E-state index contributed by atoms with van der Waals surface area (Å²) in [5.74, 6) is -0.0552. The van der Waals surface area contributed by atoms with Gasteiger partial charge in [-0.2, -0.15) is 0 Å². The van der Waals surface area contributed by atoms with Gasteiger partial charge in [-0.05, 0) is 59.4 Å². The summed E-state index contributed by atoms with van der Waals surface area (Å²) < 4.78 is 5.49. The van der Waals surface area contributed by atoms with Crippen molar-refractivity contribution in [1.82, 2.24) is 10.2 Å². The number of rotatable bonds is 21. The quantitative estimate of drug-likeness (QED) is 0.129. The van der Waals surface area contributed by atoms with Crippen LogP contribution in [0.25, 0.3) is 0 Å². The summed E-state index contributed by atoms with van der Waals surface area (Å²) in [5.41, 5.74) is 0. The summed E-state index contributed by atoms with van der Waals surface area (Å²) in [5, 5.41) is 2.99. The lowest BCUT2D eigenvalue weighted by atomic mass is 10.1. The van der Waals surface area contributed by atoms with Crippen molar-refractivity contribution >= 4 is 11.9 Å². The van der Waals surface area contributed by atoms with E-state index in [0.717, 1.165) is 32.1 Å². The highest BCUT2D eigenvalue weighted by Crippen LogP contribution is 2.10. The summed E-state index contributed by atoms with van der Waals surface area (Å²) >= 11 is 0. The maximum Gasteiger partial charge on any atom is 0.306 e. The van der Waals surface area contributed by atoms with Crippen LogP contribution in [0.1, 0.15) is 104 Å². The Morgan fingerprint density at radius 3 is 2.12 bits per heavy atom. The van der Waals surface area contributed by atoms with Crippen LogP contribution in [0.3, 0.4) is 0 Å². The minimum absolute atomic E-state index is 0.0958. The van der Waals surface area contributed by atoms with E-state index in [4.69, 9.17) is 4.74 Å². The van der Waals surface area contributed by atoms with Gasteiger partial charge >= 0.3 is 5.97 Å². The van der Waals surface area contributed by atoms with Gasteiger partial charge < -0.3 is 15.0 Å². The lowest BCUT2D eigenvalue weighted by Gasteiger charge is -2.24. The largest absolute Gasteiger partial charge is 0.461 e. The van der Waals surface area contributed by atoms with Crippen molar-refractivity contribution in [2.24, 2.45) is 0 Å². The number of amides is 1. The SMILES string of the molecule is CCCCC/C=C\C/C=C\CCCCCCCC(=O)O[C@@H](C)CN(CC)C(=O)CCNC. The first-order valence-electron chi connectivity index (χ1n) is 13.0. The molecule has 0 aliphatic rings. The highest BCUT2D eigenvalue weighted by atomic mass is 16.5. The zero-order chi connectivity index (χ0) is 23.9. The fourth-order valence-corrected chi connectivity index (χ4v) is 3.51. The molecule has 0 aromatic carbocycles. The first-order chi connectivity index (χ1) is 15.5. The molecule has 0 bridgehead atoms. The number of unbranched alkanes of at least 4 members (excludes halogenated alkanes) is 8. The molecule has 0 saturated heterocycles. The van der Waals surface area contributed by atoms with Crippen LogP contribution in [0.4, 0.5) is 0 Å². The lowest BCUT2D eigenvalue weighted by Crippen LogP contribution is -2.39. The second-order valence-electron chi connectivity index (χ2n) is 8.57. The number of carbonyl (C=O) groups excluding carboxylic acids is 2. The number of likely N-dealkylation sites (N-methyl/N-ethyl adjacent to an activating group) is 1. The number of ether oxygens (including phenoxy) is 1. The Morgan fingerprint density at radius 1 is 0.875 bits per heavy atom. The summed E-state index contributed by atoms with van der Waals surface area (Å²) in [6.07, 6.45) is 22.7. The Labute approximate surface area is 198 Å². The molecule has 0 aliphatic carbocycles. The molecule has 0 heterocycles. The smallest absolute Gasteiger partial charge is 0.306 e. The van der Waals surface area contributed by atoms with Crippen molar-refractivity contribution in [1.29, 1.82) is 0 Å². The van der Waals surface area contributed by atoms with E-state index in [1.54, 1.807) is 4.90 Å². The molecule has 1 amide bonds. The molecule has 0 aromatic heterocycles. The van der Waals surface area contributed by atoms with Gasteiger partial charge in [-0.25, -0.2) is 0 Å². The van der Waals surface area contributed by atoms with Crippen molar-refractivity contribution in [3.8, 4) is 0 Å². The van der Waals surface area contributed by atoms with E-state index in [2.05, 4.69) is 36.5 Å². The molecule has 1 atom stereocenters. The van der Waals surface area contributed by atoms with Gasteiger partial charge in [-0.1, -0.05) is 63.3 Å². The van der Waals surface area contributed by atoms with Gasteiger partial charge in [-0.3, -0.25) is 9.59 Å². The second-order valence-corrected chi connectivity index (χ2v) is 8.57. The molecule has 0 aliphatic heterocycles. The molecule has 0 rings (SSSR count). The Bertz CT molecular complexity index is 517. The molecule has 5 heteroatoms. The number of carbonyl (C=O) groups is 2. The number of esters is 1. The minimum atomic E-state index is -0.265. The zero-order valence-electron chi connectivity index (χ0n) is 21.4. The predicted molar refractivity (Wildman–Crippen MR) is 136 cm³/mol. The van der Waals surface area contributed by atoms with Crippen molar-refractivity contribution in [3.05, 3.63) is 24.3 Å². The monoisotopic (exact) mass is 450 g/mol. The van der Waals surface area contributed by atoms with Crippen LogP contribution in [0.5, 0.6) is 0 Å². The van der Waals surface area contributed by atoms with Crippen LogP contribution in [0.15, 0.2) is 24.3 Å². The molecule has 5 nitrogen and oxygen atoms in total. The third-order valence-electron chi connectivity index (χ3n) is 5.46. The normalized spacial score (nSPS) is 12.5. The average Bonchev–Trinajstić information content (AvgIpc) is 2.78. The van der Waals surface area contributed by atoms with E-state index < -0.39 is 0 Å².